The van der Waals surface area contributed by atoms with Crippen LogP contribution in [0, 0.1) is 40.6 Å². The molecule has 1 aliphatic rings. The number of carbonyl (C=O) groups excluding carboxylic acids is 1. The van der Waals surface area contributed by atoms with Gasteiger partial charge in [-0.15, -0.1) is 0 Å². The van der Waals surface area contributed by atoms with Gasteiger partial charge in [0.15, 0.2) is 17.4 Å². The lowest BCUT2D eigenvalue weighted by Crippen LogP contribution is -2.21. The highest BCUT2D eigenvalue weighted by Gasteiger charge is 2.27. The van der Waals surface area contributed by atoms with Crippen molar-refractivity contribution in [1.29, 1.82) is 5.26 Å². The molecule has 200 valence electrons. The van der Waals surface area contributed by atoms with Gasteiger partial charge in [0.1, 0.15) is 11.3 Å². The molecule has 1 fully saturated rings. The van der Waals surface area contributed by atoms with E-state index in [-0.39, 0.29) is 18.3 Å². The molecule has 7 heteroatoms. The molecular formula is C30H36F3NO3. The van der Waals surface area contributed by atoms with Crippen LogP contribution in [-0.4, -0.2) is 12.6 Å². The SMILES string of the molecule is CCCCCCCCCC1CCC(COc2c(F)cc(C(=O)Oc3ccc(C#N)cc3)c(F)c2F)CC1. The van der Waals surface area contributed by atoms with Gasteiger partial charge in [0, 0.05) is 0 Å². The van der Waals surface area contributed by atoms with Crippen LogP contribution >= 0.6 is 0 Å². The lowest BCUT2D eigenvalue weighted by molar-refractivity contribution is 0.0727. The second kappa shape index (κ2) is 14.7. The molecule has 0 aromatic heterocycles. The maximum absolute atomic E-state index is 14.6. The fourth-order valence-corrected chi connectivity index (χ4v) is 4.90. The van der Waals surface area contributed by atoms with Gasteiger partial charge in [-0.3, -0.25) is 0 Å². The van der Waals surface area contributed by atoms with E-state index in [2.05, 4.69) is 6.92 Å². The van der Waals surface area contributed by atoms with E-state index >= 15 is 0 Å². The summed E-state index contributed by atoms with van der Waals surface area (Å²) < 4.78 is 54.2. The van der Waals surface area contributed by atoms with Crippen molar-refractivity contribution in [1.82, 2.24) is 0 Å². The third-order valence-corrected chi connectivity index (χ3v) is 7.18. The molecule has 0 radical (unpaired) electrons. The highest BCUT2D eigenvalue weighted by atomic mass is 19.2. The summed E-state index contributed by atoms with van der Waals surface area (Å²) in [5.41, 5.74) is -0.524. The molecular weight excluding hydrogens is 479 g/mol. The van der Waals surface area contributed by atoms with Crippen LogP contribution in [0.1, 0.15) is 99.9 Å². The quantitative estimate of drug-likeness (QED) is 0.116. The molecule has 0 saturated heterocycles. The number of nitrogens with zero attached hydrogens (tertiary/aromatic N) is 1. The fraction of sp³-hybridized carbons (Fsp3) is 0.533. The Kier molecular flexibility index (Phi) is 11.3. The second-order valence-corrected chi connectivity index (χ2v) is 10.00. The lowest BCUT2D eigenvalue weighted by Gasteiger charge is -2.28. The van der Waals surface area contributed by atoms with Crippen molar-refractivity contribution in [3.63, 3.8) is 0 Å². The maximum atomic E-state index is 14.6. The monoisotopic (exact) mass is 515 g/mol. The second-order valence-electron chi connectivity index (χ2n) is 10.00. The van der Waals surface area contributed by atoms with Crippen molar-refractivity contribution >= 4 is 5.97 Å². The van der Waals surface area contributed by atoms with E-state index in [0.29, 0.717) is 17.5 Å². The summed E-state index contributed by atoms with van der Waals surface area (Å²) in [6, 6.07) is 7.98. The van der Waals surface area contributed by atoms with Gasteiger partial charge in [-0.05, 0) is 55.0 Å². The highest BCUT2D eigenvalue weighted by Crippen LogP contribution is 2.34. The minimum atomic E-state index is -1.54. The summed E-state index contributed by atoms with van der Waals surface area (Å²) in [6.07, 6.45) is 14.3. The molecule has 1 aliphatic carbocycles. The van der Waals surface area contributed by atoms with Crippen LogP contribution in [0.25, 0.3) is 0 Å². The summed E-state index contributed by atoms with van der Waals surface area (Å²) >= 11 is 0. The molecule has 0 aliphatic heterocycles. The van der Waals surface area contributed by atoms with Gasteiger partial charge in [0.25, 0.3) is 0 Å². The average Bonchev–Trinajstić information content (AvgIpc) is 2.91. The minimum absolute atomic E-state index is 0.0205. The number of unbranched alkanes of at least 4 members (excludes halogenated alkanes) is 6. The Morgan fingerprint density at radius 1 is 0.919 bits per heavy atom. The van der Waals surface area contributed by atoms with Crippen molar-refractivity contribution in [2.75, 3.05) is 6.61 Å². The van der Waals surface area contributed by atoms with Crippen molar-refractivity contribution in [2.45, 2.75) is 84.0 Å². The maximum Gasteiger partial charge on any atom is 0.346 e. The molecule has 0 N–H and O–H groups in total. The van der Waals surface area contributed by atoms with E-state index in [1.807, 2.05) is 6.07 Å². The van der Waals surface area contributed by atoms with E-state index in [9.17, 15) is 18.0 Å². The van der Waals surface area contributed by atoms with E-state index in [1.54, 1.807) is 0 Å². The first-order chi connectivity index (χ1) is 17.9. The standard InChI is InChI=1S/C30H36F3NO3/c1-2-3-4-5-6-7-8-9-21-10-12-23(13-11-21)20-36-29-26(31)18-25(27(32)28(29)33)30(35)37-24-16-14-22(19-34)15-17-24/h14-18,21,23H,2-13,20H2,1H3. The first-order valence-corrected chi connectivity index (χ1v) is 13.5. The van der Waals surface area contributed by atoms with E-state index < -0.39 is 34.7 Å². The first kappa shape index (κ1) is 28.6. The first-order valence-electron chi connectivity index (χ1n) is 13.5. The van der Waals surface area contributed by atoms with Crippen molar-refractivity contribution < 1.29 is 27.4 Å². The Bertz CT molecular complexity index is 1060. The van der Waals surface area contributed by atoms with Crippen LogP contribution < -0.4 is 9.47 Å². The average molecular weight is 516 g/mol. The molecule has 0 heterocycles. The highest BCUT2D eigenvalue weighted by molar-refractivity contribution is 5.91. The summed E-state index contributed by atoms with van der Waals surface area (Å²) in [5, 5.41) is 8.82. The van der Waals surface area contributed by atoms with Crippen molar-refractivity contribution in [3.05, 3.63) is 58.9 Å². The van der Waals surface area contributed by atoms with Crippen LogP contribution in [0.4, 0.5) is 13.2 Å². The molecule has 4 nitrogen and oxygen atoms in total. The molecule has 1 saturated carbocycles. The van der Waals surface area contributed by atoms with Crippen LogP contribution in [0.5, 0.6) is 11.5 Å². The topological polar surface area (TPSA) is 59.3 Å². The Labute approximate surface area is 217 Å². The zero-order valence-corrected chi connectivity index (χ0v) is 21.5. The summed E-state index contributed by atoms with van der Waals surface area (Å²) in [4.78, 5) is 12.3. The predicted molar refractivity (Wildman–Crippen MR) is 136 cm³/mol. The smallest absolute Gasteiger partial charge is 0.346 e. The molecule has 37 heavy (non-hydrogen) atoms. The molecule has 0 unspecified atom stereocenters. The number of hydrogen-bond acceptors (Lipinski definition) is 4. The van der Waals surface area contributed by atoms with Gasteiger partial charge >= 0.3 is 5.97 Å². The number of benzene rings is 2. The van der Waals surface area contributed by atoms with Gasteiger partial charge in [0.05, 0.1) is 18.2 Å². The van der Waals surface area contributed by atoms with Gasteiger partial charge in [0.2, 0.25) is 5.82 Å². The van der Waals surface area contributed by atoms with Crippen LogP contribution in [-0.2, 0) is 0 Å². The number of rotatable bonds is 13. The zero-order valence-electron chi connectivity index (χ0n) is 21.5. The van der Waals surface area contributed by atoms with Crippen molar-refractivity contribution in [2.24, 2.45) is 11.8 Å². The van der Waals surface area contributed by atoms with Crippen molar-refractivity contribution in [3.8, 4) is 17.6 Å². The summed E-state index contributed by atoms with van der Waals surface area (Å²) in [6.45, 7) is 2.33. The predicted octanol–water partition coefficient (Wildman–Crippen LogP) is 8.52. The number of hydrogen-bond donors (Lipinski definition) is 0. The number of carbonyl (C=O) groups is 1. The number of esters is 1. The number of nitriles is 1. The zero-order chi connectivity index (χ0) is 26.6. The minimum Gasteiger partial charge on any atom is -0.487 e. The van der Waals surface area contributed by atoms with Gasteiger partial charge < -0.3 is 9.47 Å². The lowest BCUT2D eigenvalue weighted by atomic mass is 9.80. The Balaban J connectivity index is 1.46. The van der Waals surface area contributed by atoms with Crippen LogP contribution in [0.2, 0.25) is 0 Å². The Morgan fingerprint density at radius 2 is 1.54 bits per heavy atom. The summed E-state index contributed by atoms with van der Waals surface area (Å²) in [7, 11) is 0. The number of halogens is 3. The molecule has 0 amide bonds. The summed E-state index contributed by atoms with van der Waals surface area (Å²) in [5.74, 6) is -5.39. The van der Waals surface area contributed by atoms with Crippen LogP contribution in [0.15, 0.2) is 30.3 Å². The van der Waals surface area contributed by atoms with E-state index in [1.165, 1.54) is 75.6 Å². The third kappa shape index (κ3) is 8.52. The van der Waals surface area contributed by atoms with Gasteiger partial charge in [-0.1, -0.05) is 71.1 Å². The molecule has 2 aromatic carbocycles. The Hall–Kier alpha value is -3.01. The van der Waals surface area contributed by atoms with E-state index in [4.69, 9.17) is 14.7 Å². The fourth-order valence-electron chi connectivity index (χ4n) is 4.90. The van der Waals surface area contributed by atoms with E-state index in [0.717, 1.165) is 25.7 Å². The molecule has 0 spiro atoms. The van der Waals surface area contributed by atoms with Gasteiger partial charge in [-0.25, -0.2) is 13.6 Å². The largest absolute Gasteiger partial charge is 0.487 e. The molecule has 3 rings (SSSR count). The van der Waals surface area contributed by atoms with Gasteiger partial charge in [-0.2, -0.15) is 9.65 Å². The van der Waals surface area contributed by atoms with Crippen LogP contribution in [0.3, 0.4) is 0 Å². The third-order valence-electron chi connectivity index (χ3n) is 7.18. The normalized spacial score (nSPS) is 17.3. The molecule has 0 atom stereocenters. The molecule has 2 aromatic rings. The molecule has 0 bridgehead atoms. The number of ether oxygens (including phenoxy) is 2. The Morgan fingerprint density at radius 3 is 2.19 bits per heavy atom.